The van der Waals surface area contributed by atoms with Crippen LogP contribution >= 0.6 is 0 Å². The minimum atomic E-state index is -0.452. The van der Waals surface area contributed by atoms with Crippen LogP contribution in [-0.4, -0.2) is 26.2 Å². The number of methoxy groups -OCH3 is 2. The summed E-state index contributed by atoms with van der Waals surface area (Å²) in [6.07, 6.45) is 4.08. The Kier molecular flexibility index (Phi) is 4.52. The Bertz CT molecular complexity index is 311. The normalized spacial score (nSPS) is 17.9. The SMILES string of the molecule is COC(=O)/C(C)=C(\C(=O)OC)C1CCCC1. The summed E-state index contributed by atoms with van der Waals surface area (Å²) in [4.78, 5) is 23.1. The molecule has 0 aromatic carbocycles. The summed E-state index contributed by atoms with van der Waals surface area (Å²) in [6.45, 7) is 1.62. The van der Waals surface area contributed by atoms with Crippen molar-refractivity contribution in [3.8, 4) is 0 Å². The molecule has 1 fully saturated rings. The number of carbonyl (C=O) groups excluding carboxylic acids is 2. The quantitative estimate of drug-likeness (QED) is 0.544. The summed E-state index contributed by atoms with van der Waals surface area (Å²) >= 11 is 0. The Balaban J connectivity index is 3.02. The smallest absolute Gasteiger partial charge is 0.334 e. The van der Waals surface area contributed by atoms with Crippen LogP contribution in [0.25, 0.3) is 0 Å². The lowest BCUT2D eigenvalue weighted by molar-refractivity contribution is -0.139. The van der Waals surface area contributed by atoms with Crippen molar-refractivity contribution in [2.75, 3.05) is 14.2 Å². The molecule has 0 spiro atoms. The largest absolute Gasteiger partial charge is 0.466 e. The van der Waals surface area contributed by atoms with Crippen LogP contribution < -0.4 is 0 Å². The molecule has 1 saturated carbocycles. The van der Waals surface area contributed by atoms with Gasteiger partial charge in [-0.3, -0.25) is 0 Å². The third-order valence-corrected chi connectivity index (χ3v) is 3.06. The van der Waals surface area contributed by atoms with E-state index in [0.717, 1.165) is 25.7 Å². The van der Waals surface area contributed by atoms with Crippen molar-refractivity contribution < 1.29 is 19.1 Å². The highest BCUT2D eigenvalue weighted by molar-refractivity contribution is 6.00. The maximum atomic E-state index is 11.7. The number of carbonyl (C=O) groups is 2. The minimum Gasteiger partial charge on any atom is -0.466 e. The van der Waals surface area contributed by atoms with Gasteiger partial charge in [0.1, 0.15) is 0 Å². The molecule has 0 radical (unpaired) electrons. The van der Waals surface area contributed by atoms with E-state index in [2.05, 4.69) is 4.74 Å². The molecule has 16 heavy (non-hydrogen) atoms. The molecule has 0 N–H and O–H groups in total. The molecule has 0 amide bonds. The molecule has 4 nitrogen and oxygen atoms in total. The number of esters is 2. The van der Waals surface area contributed by atoms with Gasteiger partial charge >= 0.3 is 11.9 Å². The first-order valence-corrected chi connectivity index (χ1v) is 5.49. The molecule has 0 aromatic rings. The van der Waals surface area contributed by atoms with E-state index in [1.807, 2.05) is 0 Å². The van der Waals surface area contributed by atoms with Gasteiger partial charge in [-0.2, -0.15) is 0 Å². The Morgan fingerprint density at radius 3 is 1.94 bits per heavy atom. The van der Waals surface area contributed by atoms with Crippen molar-refractivity contribution in [2.24, 2.45) is 5.92 Å². The van der Waals surface area contributed by atoms with Gasteiger partial charge in [-0.05, 0) is 25.7 Å². The zero-order valence-corrected chi connectivity index (χ0v) is 10.0. The zero-order valence-electron chi connectivity index (χ0n) is 10.0. The highest BCUT2D eigenvalue weighted by Gasteiger charge is 2.29. The van der Waals surface area contributed by atoms with Crippen molar-refractivity contribution >= 4 is 11.9 Å². The van der Waals surface area contributed by atoms with Crippen LogP contribution in [0.2, 0.25) is 0 Å². The van der Waals surface area contributed by atoms with Gasteiger partial charge in [0, 0.05) is 5.57 Å². The minimum absolute atomic E-state index is 0.145. The standard InChI is InChI=1S/C12H18O4/c1-8(11(13)15-2)10(12(14)16-3)9-6-4-5-7-9/h9H,4-7H2,1-3H3/b10-8-. The average molecular weight is 226 g/mol. The monoisotopic (exact) mass is 226 g/mol. The van der Waals surface area contributed by atoms with E-state index >= 15 is 0 Å². The average Bonchev–Trinajstić information content (AvgIpc) is 2.81. The van der Waals surface area contributed by atoms with Crippen LogP contribution in [0.4, 0.5) is 0 Å². The second-order valence-electron chi connectivity index (χ2n) is 4.00. The summed E-state index contributed by atoms with van der Waals surface area (Å²) < 4.78 is 9.38. The van der Waals surface area contributed by atoms with E-state index in [9.17, 15) is 9.59 Å². The third kappa shape index (κ3) is 2.62. The number of rotatable bonds is 3. The number of ether oxygens (including phenoxy) is 2. The lowest BCUT2D eigenvalue weighted by atomic mass is 9.93. The first kappa shape index (κ1) is 12.7. The van der Waals surface area contributed by atoms with Crippen LogP contribution in [0, 0.1) is 5.92 Å². The molecule has 4 heteroatoms. The molecule has 0 heterocycles. The zero-order chi connectivity index (χ0) is 12.1. The van der Waals surface area contributed by atoms with Gasteiger partial charge in [-0.15, -0.1) is 0 Å². The van der Waals surface area contributed by atoms with Crippen LogP contribution in [-0.2, 0) is 19.1 Å². The van der Waals surface area contributed by atoms with Gasteiger partial charge in [0.2, 0.25) is 0 Å². The molecule has 0 saturated heterocycles. The van der Waals surface area contributed by atoms with Gasteiger partial charge in [0.15, 0.2) is 0 Å². The molecule has 0 aliphatic heterocycles. The Morgan fingerprint density at radius 2 is 1.50 bits per heavy atom. The van der Waals surface area contributed by atoms with E-state index < -0.39 is 11.9 Å². The van der Waals surface area contributed by atoms with Gasteiger partial charge in [0.25, 0.3) is 0 Å². The maximum Gasteiger partial charge on any atom is 0.334 e. The molecule has 1 aliphatic carbocycles. The second-order valence-corrected chi connectivity index (χ2v) is 4.00. The molecule has 0 aromatic heterocycles. The van der Waals surface area contributed by atoms with Crippen molar-refractivity contribution in [1.82, 2.24) is 0 Å². The predicted octanol–water partition coefficient (Wildman–Crippen LogP) is 1.84. The highest BCUT2D eigenvalue weighted by Crippen LogP contribution is 2.33. The first-order chi connectivity index (χ1) is 7.61. The van der Waals surface area contributed by atoms with Crippen molar-refractivity contribution in [3.63, 3.8) is 0 Å². The van der Waals surface area contributed by atoms with Gasteiger partial charge < -0.3 is 9.47 Å². The van der Waals surface area contributed by atoms with E-state index in [-0.39, 0.29) is 5.92 Å². The topological polar surface area (TPSA) is 52.6 Å². The molecule has 1 rings (SSSR count). The summed E-state index contributed by atoms with van der Waals surface area (Å²) in [6, 6.07) is 0. The van der Waals surface area contributed by atoms with Gasteiger partial charge in [0.05, 0.1) is 19.8 Å². The fourth-order valence-electron chi connectivity index (χ4n) is 2.21. The highest BCUT2D eigenvalue weighted by atomic mass is 16.5. The van der Waals surface area contributed by atoms with Crippen molar-refractivity contribution in [3.05, 3.63) is 11.1 Å². The predicted molar refractivity (Wildman–Crippen MR) is 58.7 cm³/mol. The Hall–Kier alpha value is -1.32. The van der Waals surface area contributed by atoms with Gasteiger partial charge in [-0.25, -0.2) is 9.59 Å². The first-order valence-electron chi connectivity index (χ1n) is 5.49. The Morgan fingerprint density at radius 1 is 1.00 bits per heavy atom. The third-order valence-electron chi connectivity index (χ3n) is 3.06. The molecule has 90 valence electrons. The number of hydrogen-bond donors (Lipinski definition) is 0. The van der Waals surface area contributed by atoms with E-state index in [1.165, 1.54) is 14.2 Å². The summed E-state index contributed by atoms with van der Waals surface area (Å²) in [5.41, 5.74) is 0.869. The molecule has 0 unspecified atom stereocenters. The fraction of sp³-hybridized carbons (Fsp3) is 0.667. The lowest BCUT2D eigenvalue weighted by Crippen LogP contribution is -2.18. The summed E-state index contributed by atoms with van der Waals surface area (Å²) in [5, 5.41) is 0. The van der Waals surface area contributed by atoms with E-state index in [0.29, 0.717) is 11.1 Å². The fourth-order valence-corrected chi connectivity index (χ4v) is 2.21. The van der Waals surface area contributed by atoms with Crippen LogP contribution in [0.1, 0.15) is 32.6 Å². The molecule has 0 atom stereocenters. The van der Waals surface area contributed by atoms with E-state index in [1.54, 1.807) is 6.92 Å². The summed E-state index contributed by atoms with van der Waals surface area (Å²) in [5.74, 6) is -0.714. The molecule has 0 bridgehead atoms. The Labute approximate surface area is 95.6 Å². The lowest BCUT2D eigenvalue weighted by Gasteiger charge is -2.14. The van der Waals surface area contributed by atoms with Crippen LogP contribution in [0.15, 0.2) is 11.1 Å². The number of hydrogen-bond acceptors (Lipinski definition) is 4. The second kappa shape index (κ2) is 5.68. The van der Waals surface area contributed by atoms with Gasteiger partial charge in [-0.1, -0.05) is 12.8 Å². The van der Waals surface area contributed by atoms with Crippen molar-refractivity contribution in [1.29, 1.82) is 0 Å². The summed E-state index contributed by atoms with van der Waals surface area (Å²) in [7, 11) is 2.65. The van der Waals surface area contributed by atoms with Crippen LogP contribution in [0.5, 0.6) is 0 Å². The molecule has 1 aliphatic rings. The van der Waals surface area contributed by atoms with E-state index in [4.69, 9.17) is 4.74 Å². The van der Waals surface area contributed by atoms with Crippen LogP contribution in [0.3, 0.4) is 0 Å². The maximum absolute atomic E-state index is 11.7. The molecular weight excluding hydrogens is 208 g/mol. The molecular formula is C12H18O4. The van der Waals surface area contributed by atoms with Crippen molar-refractivity contribution in [2.45, 2.75) is 32.6 Å².